The van der Waals surface area contributed by atoms with Crippen LogP contribution in [0.5, 0.6) is 0 Å². The highest BCUT2D eigenvalue weighted by atomic mass is 32.1. The highest BCUT2D eigenvalue weighted by Gasteiger charge is 2.25. The van der Waals surface area contributed by atoms with Gasteiger partial charge in [0.15, 0.2) is 5.11 Å². The van der Waals surface area contributed by atoms with Crippen molar-refractivity contribution < 1.29 is 4.42 Å². The van der Waals surface area contributed by atoms with Gasteiger partial charge in [-0.25, -0.2) is 0 Å². The molecule has 0 aliphatic heterocycles. The number of thiocarbonyl (C=S) groups is 1. The molecule has 4 heteroatoms. The zero-order valence-electron chi connectivity index (χ0n) is 15.8. The second-order valence-electron chi connectivity index (χ2n) is 7.92. The fraction of sp³-hybridized carbons (Fsp3) is 0.762. The molecule has 3 nitrogen and oxygen atoms in total. The lowest BCUT2D eigenvalue weighted by Crippen LogP contribution is -2.49. The van der Waals surface area contributed by atoms with E-state index in [1.807, 2.05) is 6.92 Å². The summed E-state index contributed by atoms with van der Waals surface area (Å²) >= 11 is 5.89. The molecule has 0 atom stereocenters. The molecule has 0 radical (unpaired) electrons. The highest BCUT2D eigenvalue weighted by Crippen LogP contribution is 2.25. The van der Waals surface area contributed by atoms with Gasteiger partial charge in [0.2, 0.25) is 0 Å². The molecule has 0 saturated heterocycles. The van der Waals surface area contributed by atoms with Crippen LogP contribution in [-0.4, -0.2) is 22.1 Å². The van der Waals surface area contributed by atoms with Crippen molar-refractivity contribution in [2.75, 3.05) is 0 Å². The molecule has 0 bridgehead atoms. The Labute approximate surface area is 158 Å². The summed E-state index contributed by atoms with van der Waals surface area (Å²) in [5.74, 6) is 2.02. The van der Waals surface area contributed by atoms with Crippen LogP contribution in [0.1, 0.15) is 88.6 Å². The van der Waals surface area contributed by atoms with Crippen LogP contribution in [0.15, 0.2) is 16.5 Å². The molecular weight excluding hydrogens is 328 g/mol. The van der Waals surface area contributed by atoms with Gasteiger partial charge in [-0.2, -0.15) is 0 Å². The minimum absolute atomic E-state index is 0.553. The van der Waals surface area contributed by atoms with E-state index in [2.05, 4.69) is 22.3 Å². The molecule has 3 rings (SSSR count). The van der Waals surface area contributed by atoms with Gasteiger partial charge >= 0.3 is 0 Å². The standard InChI is InChI=1S/C21H34N2OS/c1-17-14-15-20(24-17)16-23(19-12-8-5-9-13-19)21(25)22-18-10-6-3-2-4-7-11-18/h14-15,18-19H,2-13,16H2,1H3,(H,22,25). The highest BCUT2D eigenvalue weighted by molar-refractivity contribution is 7.80. The molecule has 1 aromatic heterocycles. The van der Waals surface area contributed by atoms with E-state index < -0.39 is 0 Å². The van der Waals surface area contributed by atoms with Crippen LogP contribution in [-0.2, 0) is 6.54 Å². The summed E-state index contributed by atoms with van der Waals surface area (Å²) in [6.07, 6.45) is 15.9. The van der Waals surface area contributed by atoms with E-state index in [0.29, 0.717) is 12.1 Å². The predicted octanol–water partition coefficient (Wildman–Crippen LogP) is 5.71. The first kappa shape index (κ1) is 18.8. The molecule has 2 saturated carbocycles. The van der Waals surface area contributed by atoms with E-state index in [0.717, 1.165) is 23.2 Å². The lowest BCUT2D eigenvalue weighted by atomic mass is 9.94. The Morgan fingerprint density at radius 1 is 1.00 bits per heavy atom. The average Bonchev–Trinajstić information content (AvgIpc) is 3.01. The van der Waals surface area contributed by atoms with Gasteiger partial charge in [0.25, 0.3) is 0 Å². The summed E-state index contributed by atoms with van der Waals surface area (Å²) in [5, 5.41) is 4.68. The Balaban J connectivity index is 1.64. The molecule has 2 aliphatic carbocycles. The van der Waals surface area contributed by atoms with Gasteiger partial charge in [-0.15, -0.1) is 0 Å². The minimum Gasteiger partial charge on any atom is -0.464 e. The third kappa shape index (κ3) is 5.73. The second kappa shape index (κ2) is 9.61. The van der Waals surface area contributed by atoms with E-state index >= 15 is 0 Å². The molecule has 0 unspecified atom stereocenters. The van der Waals surface area contributed by atoms with Crippen molar-refractivity contribution in [2.45, 2.75) is 103 Å². The third-order valence-electron chi connectivity index (χ3n) is 5.83. The molecule has 140 valence electrons. The maximum Gasteiger partial charge on any atom is 0.169 e. The van der Waals surface area contributed by atoms with Crippen LogP contribution in [0, 0.1) is 6.92 Å². The van der Waals surface area contributed by atoms with Crippen molar-refractivity contribution in [1.29, 1.82) is 0 Å². The monoisotopic (exact) mass is 362 g/mol. The molecule has 2 aliphatic rings. The molecule has 1 aromatic rings. The quantitative estimate of drug-likeness (QED) is 0.694. The third-order valence-corrected chi connectivity index (χ3v) is 6.18. The van der Waals surface area contributed by atoms with Gasteiger partial charge in [-0.1, -0.05) is 51.4 Å². The fourth-order valence-corrected chi connectivity index (χ4v) is 4.74. The fourth-order valence-electron chi connectivity index (χ4n) is 4.36. The van der Waals surface area contributed by atoms with Crippen molar-refractivity contribution in [1.82, 2.24) is 10.2 Å². The van der Waals surface area contributed by atoms with Crippen molar-refractivity contribution in [2.24, 2.45) is 0 Å². The number of furan rings is 1. The van der Waals surface area contributed by atoms with E-state index in [1.165, 1.54) is 77.0 Å². The van der Waals surface area contributed by atoms with Crippen LogP contribution in [0.3, 0.4) is 0 Å². The van der Waals surface area contributed by atoms with Crippen molar-refractivity contribution in [3.63, 3.8) is 0 Å². The predicted molar refractivity (Wildman–Crippen MR) is 108 cm³/mol. The molecule has 0 aromatic carbocycles. The average molecular weight is 363 g/mol. The summed E-state index contributed by atoms with van der Waals surface area (Å²) < 4.78 is 5.85. The number of hydrogen-bond donors (Lipinski definition) is 1. The Bertz CT molecular complexity index is 528. The van der Waals surface area contributed by atoms with E-state index in [1.54, 1.807) is 0 Å². The number of nitrogens with zero attached hydrogens (tertiary/aromatic N) is 1. The summed E-state index contributed by atoms with van der Waals surface area (Å²) in [6, 6.07) is 5.27. The van der Waals surface area contributed by atoms with Crippen molar-refractivity contribution in [3.8, 4) is 0 Å². The number of nitrogens with one attached hydrogen (secondary N) is 1. The van der Waals surface area contributed by atoms with Gasteiger partial charge in [-0.05, 0) is 57.0 Å². The Morgan fingerprint density at radius 3 is 2.24 bits per heavy atom. The van der Waals surface area contributed by atoms with E-state index in [4.69, 9.17) is 16.6 Å². The van der Waals surface area contributed by atoms with Crippen LogP contribution >= 0.6 is 12.2 Å². The smallest absolute Gasteiger partial charge is 0.169 e. The van der Waals surface area contributed by atoms with E-state index in [-0.39, 0.29) is 0 Å². The van der Waals surface area contributed by atoms with Gasteiger partial charge in [0.1, 0.15) is 11.5 Å². The summed E-state index contributed by atoms with van der Waals surface area (Å²) in [5.41, 5.74) is 0. The first-order valence-electron chi connectivity index (χ1n) is 10.3. The molecule has 0 spiro atoms. The normalized spacial score (nSPS) is 20.7. The van der Waals surface area contributed by atoms with Gasteiger partial charge in [0.05, 0.1) is 6.54 Å². The number of hydrogen-bond acceptors (Lipinski definition) is 2. The SMILES string of the molecule is Cc1ccc(CN(C(=S)NC2CCCCCCC2)C2CCCCC2)o1. The van der Waals surface area contributed by atoms with Crippen LogP contribution in [0.2, 0.25) is 0 Å². The Hall–Kier alpha value is -1.03. The number of aryl methyl sites for hydroxylation is 1. The first-order chi connectivity index (χ1) is 12.2. The molecule has 25 heavy (non-hydrogen) atoms. The Morgan fingerprint density at radius 2 is 1.60 bits per heavy atom. The molecule has 0 amide bonds. The lowest BCUT2D eigenvalue weighted by molar-refractivity contribution is 0.218. The van der Waals surface area contributed by atoms with Crippen molar-refractivity contribution >= 4 is 17.3 Å². The largest absolute Gasteiger partial charge is 0.464 e. The molecular formula is C21H34N2OS. The minimum atomic E-state index is 0.553. The van der Waals surface area contributed by atoms with Crippen LogP contribution in [0.25, 0.3) is 0 Å². The molecule has 2 fully saturated rings. The molecule has 1 N–H and O–H groups in total. The maximum absolute atomic E-state index is 5.89. The van der Waals surface area contributed by atoms with Gasteiger partial charge in [-0.3, -0.25) is 0 Å². The zero-order chi connectivity index (χ0) is 17.5. The first-order valence-corrected chi connectivity index (χ1v) is 10.8. The summed E-state index contributed by atoms with van der Waals surface area (Å²) in [7, 11) is 0. The second-order valence-corrected chi connectivity index (χ2v) is 8.31. The molecule has 1 heterocycles. The van der Waals surface area contributed by atoms with Crippen LogP contribution < -0.4 is 5.32 Å². The maximum atomic E-state index is 5.89. The van der Waals surface area contributed by atoms with E-state index in [9.17, 15) is 0 Å². The Kier molecular flexibility index (Phi) is 7.21. The number of rotatable bonds is 4. The summed E-state index contributed by atoms with van der Waals surface area (Å²) in [4.78, 5) is 2.42. The van der Waals surface area contributed by atoms with Crippen molar-refractivity contribution in [3.05, 3.63) is 23.7 Å². The van der Waals surface area contributed by atoms with Gasteiger partial charge < -0.3 is 14.6 Å². The van der Waals surface area contributed by atoms with Gasteiger partial charge in [0, 0.05) is 12.1 Å². The van der Waals surface area contributed by atoms with Crippen LogP contribution in [0.4, 0.5) is 0 Å². The topological polar surface area (TPSA) is 28.4 Å². The lowest BCUT2D eigenvalue weighted by Gasteiger charge is -2.37. The summed E-state index contributed by atoms with van der Waals surface area (Å²) in [6.45, 7) is 2.82. The zero-order valence-corrected chi connectivity index (χ0v) is 16.6.